The summed E-state index contributed by atoms with van der Waals surface area (Å²) in [6, 6.07) is 10.1. The van der Waals surface area contributed by atoms with Gasteiger partial charge in [-0.05, 0) is 24.3 Å². The lowest BCUT2D eigenvalue weighted by molar-refractivity contribution is -0.118. The number of ether oxygens (including phenoxy) is 1. The molecule has 0 unspecified atom stereocenters. The molecule has 0 saturated heterocycles. The maximum Gasteiger partial charge on any atom is 0.262 e. The van der Waals surface area contributed by atoms with Crippen molar-refractivity contribution >= 4 is 45.9 Å². The van der Waals surface area contributed by atoms with Gasteiger partial charge in [-0.1, -0.05) is 29.3 Å². The fourth-order valence-corrected chi connectivity index (χ4v) is 2.41. The maximum atomic E-state index is 12.1. The molecule has 1 N–H and O–H groups in total. The number of fused-ring (bicyclic) bond motifs is 1. The minimum Gasteiger partial charge on any atom is -0.482 e. The van der Waals surface area contributed by atoms with E-state index in [1.807, 2.05) is 6.07 Å². The van der Waals surface area contributed by atoms with Crippen molar-refractivity contribution in [1.29, 1.82) is 0 Å². The second-order valence-electron chi connectivity index (χ2n) is 4.80. The van der Waals surface area contributed by atoms with E-state index in [9.17, 15) is 4.79 Å². The molecule has 0 aliphatic heterocycles. The summed E-state index contributed by atoms with van der Waals surface area (Å²) in [6.45, 7) is 1.54. The first-order chi connectivity index (χ1) is 11.0. The Hall–Kier alpha value is -2.24. The molecule has 3 aromatic rings. The highest BCUT2D eigenvalue weighted by Crippen LogP contribution is 2.28. The lowest BCUT2D eigenvalue weighted by atomic mass is 10.3. The van der Waals surface area contributed by atoms with E-state index in [0.717, 1.165) is 0 Å². The minimum atomic E-state index is -0.345. The quantitative estimate of drug-likeness (QED) is 0.754. The van der Waals surface area contributed by atoms with Crippen LogP contribution in [0.4, 0.5) is 5.69 Å². The number of aromatic nitrogens is 1. The van der Waals surface area contributed by atoms with Crippen molar-refractivity contribution in [3.05, 3.63) is 52.3 Å². The first kappa shape index (κ1) is 15.6. The Bertz CT molecular complexity index is 877. The molecule has 0 atom stereocenters. The molecule has 5 nitrogen and oxygen atoms in total. The fourth-order valence-electron chi connectivity index (χ4n) is 2.08. The Morgan fingerprint density at radius 2 is 2.13 bits per heavy atom. The van der Waals surface area contributed by atoms with Gasteiger partial charge in [-0.3, -0.25) is 4.79 Å². The van der Waals surface area contributed by atoms with Gasteiger partial charge in [0, 0.05) is 18.0 Å². The van der Waals surface area contributed by atoms with Gasteiger partial charge in [0.2, 0.25) is 0 Å². The van der Waals surface area contributed by atoms with Crippen LogP contribution in [0.3, 0.4) is 0 Å². The number of nitrogens with zero attached hydrogens (tertiary/aromatic N) is 1. The first-order valence-corrected chi connectivity index (χ1v) is 7.52. The predicted octanol–water partition coefficient (Wildman–Crippen LogP) is 4.46. The Balaban J connectivity index is 1.70. The number of hydrogen-bond donors (Lipinski definition) is 1. The van der Waals surface area contributed by atoms with E-state index >= 15 is 0 Å². The molecule has 1 heterocycles. The Kier molecular flexibility index (Phi) is 4.41. The zero-order valence-corrected chi connectivity index (χ0v) is 13.6. The van der Waals surface area contributed by atoms with Crippen molar-refractivity contribution in [2.75, 3.05) is 11.9 Å². The molecule has 0 radical (unpaired) electrons. The van der Waals surface area contributed by atoms with Crippen LogP contribution in [-0.2, 0) is 4.79 Å². The number of nitrogens with one attached hydrogen (secondary N) is 1. The number of amides is 1. The van der Waals surface area contributed by atoms with Gasteiger partial charge >= 0.3 is 0 Å². The number of halogens is 2. The van der Waals surface area contributed by atoms with Crippen molar-refractivity contribution in [3.8, 4) is 5.75 Å². The number of carbonyl (C=O) groups excluding carboxylic acids is 1. The molecule has 118 valence electrons. The number of rotatable bonds is 4. The topological polar surface area (TPSA) is 64.4 Å². The number of para-hydroxylation sites is 1. The van der Waals surface area contributed by atoms with Crippen LogP contribution >= 0.6 is 23.2 Å². The number of benzene rings is 2. The molecule has 0 bridgehead atoms. The van der Waals surface area contributed by atoms with Gasteiger partial charge in [-0.15, -0.1) is 0 Å². The normalized spacial score (nSPS) is 10.7. The molecule has 2 aromatic carbocycles. The smallest absolute Gasteiger partial charge is 0.262 e. The lowest BCUT2D eigenvalue weighted by Crippen LogP contribution is -2.20. The van der Waals surface area contributed by atoms with Crippen molar-refractivity contribution < 1.29 is 13.9 Å². The highest BCUT2D eigenvalue weighted by atomic mass is 35.5. The lowest BCUT2D eigenvalue weighted by Gasteiger charge is -2.09. The molecule has 23 heavy (non-hydrogen) atoms. The summed E-state index contributed by atoms with van der Waals surface area (Å²) in [7, 11) is 0. The number of hydrogen-bond acceptors (Lipinski definition) is 4. The van der Waals surface area contributed by atoms with Crippen molar-refractivity contribution in [2.24, 2.45) is 0 Å². The second kappa shape index (κ2) is 6.48. The third-order valence-corrected chi connectivity index (χ3v) is 3.60. The summed E-state index contributed by atoms with van der Waals surface area (Å²) in [5.74, 6) is 0.536. The molecule has 0 aliphatic carbocycles. The average Bonchev–Trinajstić information content (AvgIpc) is 2.89. The van der Waals surface area contributed by atoms with Crippen LogP contribution in [0.5, 0.6) is 5.75 Å². The van der Waals surface area contributed by atoms with E-state index in [1.54, 1.807) is 37.3 Å². The number of carbonyl (C=O) groups is 1. The summed E-state index contributed by atoms with van der Waals surface area (Å²) < 4.78 is 10.9. The minimum absolute atomic E-state index is 0.205. The van der Waals surface area contributed by atoms with E-state index in [2.05, 4.69) is 10.3 Å². The molecule has 0 spiro atoms. The number of aryl methyl sites for hydroxylation is 1. The summed E-state index contributed by atoms with van der Waals surface area (Å²) >= 11 is 11.9. The van der Waals surface area contributed by atoms with Gasteiger partial charge in [0.1, 0.15) is 11.3 Å². The van der Waals surface area contributed by atoms with Gasteiger partial charge in [0.15, 0.2) is 18.1 Å². The van der Waals surface area contributed by atoms with Crippen LogP contribution < -0.4 is 10.1 Å². The summed E-state index contributed by atoms with van der Waals surface area (Å²) in [5.41, 5.74) is 1.74. The number of anilines is 1. The van der Waals surface area contributed by atoms with Crippen molar-refractivity contribution in [2.45, 2.75) is 6.92 Å². The standard InChI is InChI=1S/C16H12Cl2N2O3/c1-9-19-12-3-2-4-13(16(12)23-9)20-15(21)8-22-14-7-10(17)5-6-11(14)18/h2-7H,8H2,1H3,(H,20,21). The van der Waals surface area contributed by atoms with E-state index in [0.29, 0.717) is 38.5 Å². The average molecular weight is 351 g/mol. The Labute approximate surface area is 142 Å². The van der Waals surface area contributed by atoms with Crippen LogP contribution in [0.15, 0.2) is 40.8 Å². The van der Waals surface area contributed by atoms with Gasteiger partial charge < -0.3 is 14.5 Å². The highest BCUT2D eigenvalue weighted by molar-refractivity contribution is 6.34. The third kappa shape index (κ3) is 3.57. The molecule has 0 fully saturated rings. The summed E-state index contributed by atoms with van der Waals surface area (Å²) in [5, 5.41) is 3.59. The van der Waals surface area contributed by atoms with Gasteiger partial charge in [0.05, 0.1) is 10.7 Å². The molecular weight excluding hydrogens is 339 g/mol. The zero-order chi connectivity index (χ0) is 16.4. The molecule has 7 heteroatoms. The van der Waals surface area contributed by atoms with E-state index in [-0.39, 0.29) is 12.5 Å². The Morgan fingerprint density at radius 1 is 1.30 bits per heavy atom. The highest BCUT2D eigenvalue weighted by Gasteiger charge is 2.12. The van der Waals surface area contributed by atoms with Crippen LogP contribution in [0.1, 0.15) is 5.89 Å². The summed E-state index contributed by atoms with van der Waals surface area (Å²) in [6.07, 6.45) is 0. The molecule has 0 saturated carbocycles. The van der Waals surface area contributed by atoms with Crippen LogP contribution in [-0.4, -0.2) is 17.5 Å². The number of oxazole rings is 1. The van der Waals surface area contributed by atoms with Crippen molar-refractivity contribution in [3.63, 3.8) is 0 Å². The molecule has 0 aliphatic rings. The molecule has 3 rings (SSSR count). The third-order valence-electron chi connectivity index (χ3n) is 3.05. The maximum absolute atomic E-state index is 12.1. The monoisotopic (exact) mass is 350 g/mol. The van der Waals surface area contributed by atoms with Crippen LogP contribution in [0.2, 0.25) is 10.0 Å². The fraction of sp³-hybridized carbons (Fsp3) is 0.125. The van der Waals surface area contributed by atoms with Gasteiger partial charge in [0.25, 0.3) is 5.91 Å². The SMILES string of the molecule is Cc1nc2cccc(NC(=O)COc3cc(Cl)ccc3Cl)c2o1. The first-order valence-electron chi connectivity index (χ1n) is 6.77. The van der Waals surface area contributed by atoms with Crippen molar-refractivity contribution in [1.82, 2.24) is 4.98 Å². The Morgan fingerprint density at radius 3 is 2.96 bits per heavy atom. The van der Waals surface area contributed by atoms with Gasteiger partial charge in [-0.2, -0.15) is 0 Å². The van der Waals surface area contributed by atoms with Crippen LogP contribution in [0.25, 0.3) is 11.1 Å². The van der Waals surface area contributed by atoms with Gasteiger partial charge in [-0.25, -0.2) is 4.98 Å². The largest absolute Gasteiger partial charge is 0.482 e. The van der Waals surface area contributed by atoms with Crippen LogP contribution in [0, 0.1) is 6.92 Å². The zero-order valence-electron chi connectivity index (χ0n) is 12.1. The summed E-state index contributed by atoms with van der Waals surface area (Å²) in [4.78, 5) is 16.3. The predicted molar refractivity (Wildman–Crippen MR) is 89.3 cm³/mol. The molecular formula is C16H12Cl2N2O3. The van der Waals surface area contributed by atoms with E-state index in [4.69, 9.17) is 32.4 Å². The molecule has 1 amide bonds. The molecule has 1 aromatic heterocycles. The van der Waals surface area contributed by atoms with E-state index < -0.39 is 0 Å². The van der Waals surface area contributed by atoms with E-state index in [1.165, 1.54) is 0 Å². The second-order valence-corrected chi connectivity index (χ2v) is 5.64.